The Hall–Kier alpha value is -2.64. The number of carbonyl (C=O) groups is 2. The molecule has 0 spiro atoms. The number of rotatable bonds is 3. The van der Waals surface area contributed by atoms with E-state index in [-0.39, 0.29) is 18.7 Å². The molecule has 1 aliphatic rings. The highest BCUT2D eigenvalue weighted by atomic mass is 16.6. The molecule has 1 heterocycles. The van der Waals surface area contributed by atoms with Gasteiger partial charge in [-0.3, -0.25) is 19.7 Å². The van der Waals surface area contributed by atoms with Gasteiger partial charge in [-0.15, -0.1) is 0 Å². The third-order valence-electron chi connectivity index (χ3n) is 3.25. The smallest absolute Gasteiger partial charge is 0.305 e. The molecule has 0 radical (unpaired) electrons. The number of anilines is 1. The van der Waals surface area contributed by atoms with Crippen molar-refractivity contribution in [1.29, 1.82) is 0 Å². The van der Waals surface area contributed by atoms with Gasteiger partial charge < -0.3 is 15.3 Å². The molecule has 0 fully saturated rings. The average Bonchev–Trinajstić information content (AvgIpc) is 2.50. The number of likely N-dealkylation sites (N-methyl/N-ethyl adjacent to an activating group) is 1. The third kappa shape index (κ3) is 2.53. The van der Waals surface area contributed by atoms with Crippen molar-refractivity contribution < 1.29 is 19.6 Å². The highest BCUT2D eigenvalue weighted by molar-refractivity contribution is 5.90. The van der Waals surface area contributed by atoms with Gasteiger partial charge in [-0.1, -0.05) is 0 Å². The van der Waals surface area contributed by atoms with Crippen molar-refractivity contribution in [2.24, 2.45) is 0 Å². The van der Waals surface area contributed by atoms with E-state index in [1.54, 1.807) is 7.05 Å². The van der Waals surface area contributed by atoms with Crippen molar-refractivity contribution >= 4 is 23.3 Å². The Morgan fingerprint density at radius 3 is 2.90 bits per heavy atom. The second-order valence-corrected chi connectivity index (χ2v) is 4.51. The summed E-state index contributed by atoms with van der Waals surface area (Å²) in [6.45, 7) is 0.135. The van der Waals surface area contributed by atoms with E-state index in [4.69, 9.17) is 5.11 Å². The van der Waals surface area contributed by atoms with E-state index in [0.717, 1.165) is 0 Å². The molecule has 0 saturated heterocycles. The maximum Gasteiger partial charge on any atom is 0.305 e. The van der Waals surface area contributed by atoms with Gasteiger partial charge in [0.2, 0.25) is 5.91 Å². The monoisotopic (exact) mass is 279 g/mol. The predicted octanol–water partition coefficient (Wildman–Crippen LogP) is 0.504. The Morgan fingerprint density at radius 1 is 1.60 bits per heavy atom. The minimum absolute atomic E-state index is 0.0666. The minimum Gasteiger partial charge on any atom is -0.481 e. The second kappa shape index (κ2) is 5.16. The number of non-ortho nitro benzene ring substituents is 1. The van der Waals surface area contributed by atoms with E-state index in [0.29, 0.717) is 11.3 Å². The number of nitrogens with zero attached hydrogens (tertiary/aromatic N) is 2. The number of nitro groups is 1. The maximum atomic E-state index is 11.9. The highest BCUT2D eigenvalue weighted by Gasteiger charge is 2.30. The van der Waals surface area contributed by atoms with Crippen LogP contribution >= 0.6 is 0 Å². The Morgan fingerprint density at radius 2 is 2.30 bits per heavy atom. The van der Waals surface area contributed by atoms with Crippen LogP contribution in [0.1, 0.15) is 12.0 Å². The van der Waals surface area contributed by atoms with Crippen LogP contribution in [-0.4, -0.2) is 35.0 Å². The molecule has 0 aromatic heterocycles. The van der Waals surface area contributed by atoms with Gasteiger partial charge in [0.15, 0.2) is 0 Å². The summed E-state index contributed by atoms with van der Waals surface area (Å²) >= 11 is 0. The van der Waals surface area contributed by atoms with Crippen molar-refractivity contribution in [1.82, 2.24) is 5.32 Å². The number of amides is 1. The van der Waals surface area contributed by atoms with Crippen molar-refractivity contribution in [2.45, 2.75) is 19.0 Å². The molecule has 20 heavy (non-hydrogen) atoms. The quantitative estimate of drug-likeness (QED) is 0.615. The van der Waals surface area contributed by atoms with Crippen LogP contribution in [0.4, 0.5) is 11.4 Å². The van der Waals surface area contributed by atoms with Crippen molar-refractivity contribution in [3.8, 4) is 0 Å². The summed E-state index contributed by atoms with van der Waals surface area (Å²) in [5.74, 6) is -1.49. The number of carbonyl (C=O) groups excluding carboxylic acids is 1. The molecule has 106 valence electrons. The molecule has 2 rings (SSSR count). The van der Waals surface area contributed by atoms with E-state index in [9.17, 15) is 19.7 Å². The number of carboxylic acids is 1. The average molecular weight is 279 g/mol. The molecule has 0 saturated carbocycles. The molecule has 1 aromatic carbocycles. The normalized spacial score (nSPS) is 17.9. The molecule has 2 N–H and O–H groups in total. The Labute approximate surface area is 114 Å². The van der Waals surface area contributed by atoms with Crippen LogP contribution in [0.3, 0.4) is 0 Å². The molecule has 8 heteroatoms. The van der Waals surface area contributed by atoms with Gasteiger partial charge in [0.25, 0.3) is 5.69 Å². The van der Waals surface area contributed by atoms with Crippen molar-refractivity contribution in [2.75, 3.05) is 11.9 Å². The zero-order valence-electron chi connectivity index (χ0n) is 10.7. The van der Waals surface area contributed by atoms with Crippen molar-refractivity contribution in [3.63, 3.8) is 0 Å². The predicted molar refractivity (Wildman–Crippen MR) is 69.4 cm³/mol. The van der Waals surface area contributed by atoms with Crippen LogP contribution in [0.15, 0.2) is 18.2 Å². The Kier molecular flexibility index (Phi) is 3.55. The van der Waals surface area contributed by atoms with E-state index < -0.39 is 22.8 Å². The van der Waals surface area contributed by atoms with Gasteiger partial charge >= 0.3 is 5.97 Å². The van der Waals surface area contributed by atoms with E-state index >= 15 is 0 Å². The number of carboxylic acid groups (broad SMARTS) is 1. The van der Waals surface area contributed by atoms with E-state index in [1.807, 2.05) is 0 Å². The summed E-state index contributed by atoms with van der Waals surface area (Å²) in [6, 6.07) is 3.41. The first-order valence-electron chi connectivity index (χ1n) is 5.90. The SMILES string of the molecule is CN1c2ccc([N+](=O)[O-])cc2CNC(=O)C1CC(=O)O. The number of nitro benzene ring substituents is 1. The van der Waals surface area contributed by atoms with Crippen LogP contribution in [-0.2, 0) is 16.1 Å². The summed E-state index contributed by atoms with van der Waals surface area (Å²) in [5.41, 5.74) is 1.13. The first kappa shape index (κ1) is 13.8. The first-order chi connectivity index (χ1) is 9.40. The lowest BCUT2D eigenvalue weighted by Gasteiger charge is -2.26. The summed E-state index contributed by atoms with van der Waals surface area (Å²) in [4.78, 5) is 34.5. The van der Waals surface area contributed by atoms with E-state index in [1.165, 1.54) is 23.1 Å². The molecule has 1 atom stereocenters. The van der Waals surface area contributed by atoms with E-state index in [2.05, 4.69) is 5.32 Å². The molecule has 8 nitrogen and oxygen atoms in total. The van der Waals surface area contributed by atoms with Gasteiger partial charge in [0.05, 0.1) is 11.3 Å². The molecular formula is C12H13N3O5. The fraction of sp³-hybridized carbons (Fsp3) is 0.333. The third-order valence-corrected chi connectivity index (χ3v) is 3.25. The molecule has 0 aliphatic carbocycles. The first-order valence-corrected chi connectivity index (χ1v) is 5.90. The lowest BCUT2D eigenvalue weighted by atomic mass is 10.1. The number of nitrogens with one attached hydrogen (secondary N) is 1. The molecular weight excluding hydrogens is 266 g/mol. The lowest BCUT2D eigenvalue weighted by Crippen LogP contribution is -2.44. The number of hydrogen-bond acceptors (Lipinski definition) is 5. The summed E-state index contributed by atoms with van der Waals surface area (Å²) in [7, 11) is 1.60. The number of hydrogen-bond donors (Lipinski definition) is 2. The standard InChI is InChI=1S/C12H13N3O5/c1-14-9-3-2-8(15(19)20)4-7(9)6-13-12(18)10(14)5-11(16)17/h2-4,10H,5-6H2,1H3,(H,13,18)(H,16,17). The second-order valence-electron chi connectivity index (χ2n) is 4.51. The van der Waals surface area contributed by atoms with Gasteiger partial charge in [-0.05, 0) is 6.07 Å². The van der Waals surface area contributed by atoms with Crippen LogP contribution in [0, 0.1) is 10.1 Å². The molecule has 0 bridgehead atoms. The van der Waals surface area contributed by atoms with Crippen LogP contribution < -0.4 is 10.2 Å². The fourth-order valence-corrected chi connectivity index (χ4v) is 2.21. The van der Waals surface area contributed by atoms with Gasteiger partial charge in [0, 0.05) is 37.0 Å². The summed E-state index contributed by atoms with van der Waals surface area (Å²) in [5, 5.41) is 22.2. The summed E-state index contributed by atoms with van der Waals surface area (Å²) in [6.07, 6.45) is -0.335. The largest absolute Gasteiger partial charge is 0.481 e. The van der Waals surface area contributed by atoms with Crippen LogP contribution in [0.2, 0.25) is 0 Å². The van der Waals surface area contributed by atoms with Gasteiger partial charge in [0.1, 0.15) is 6.04 Å². The highest BCUT2D eigenvalue weighted by Crippen LogP contribution is 2.28. The zero-order chi connectivity index (χ0) is 14.9. The van der Waals surface area contributed by atoms with Gasteiger partial charge in [-0.2, -0.15) is 0 Å². The molecule has 1 aliphatic heterocycles. The summed E-state index contributed by atoms with van der Waals surface area (Å²) < 4.78 is 0. The van der Waals surface area contributed by atoms with Gasteiger partial charge in [-0.25, -0.2) is 0 Å². The Bertz CT molecular complexity index is 586. The topological polar surface area (TPSA) is 113 Å². The number of fused-ring (bicyclic) bond motifs is 1. The zero-order valence-corrected chi connectivity index (χ0v) is 10.7. The van der Waals surface area contributed by atoms with Crippen molar-refractivity contribution in [3.05, 3.63) is 33.9 Å². The lowest BCUT2D eigenvalue weighted by molar-refractivity contribution is -0.384. The number of aliphatic carboxylic acids is 1. The Balaban J connectivity index is 2.41. The number of benzene rings is 1. The minimum atomic E-state index is -1.08. The maximum absolute atomic E-state index is 11.9. The fourth-order valence-electron chi connectivity index (χ4n) is 2.21. The molecule has 1 aromatic rings. The van der Waals surface area contributed by atoms with Crippen LogP contribution in [0.5, 0.6) is 0 Å². The van der Waals surface area contributed by atoms with Crippen LogP contribution in [0.25, 0.3) is 0 Å². The molecule has 1 unspecified atom stereocenters. The molecule has 1 amide bonds.